The smallest absolute Gasteiger partial charge is 0.318 e. The van der Waals surface area contributed by atoms with Crippen LogP contribution in [0, 0.1) is 6.92 Å². The lowest BCUT2D eigenvalue weighted by Crippen LogP contribution is -2.48. The van der Waals surface area contributed by atoms with Crippen molar-refractivity contribution in [1.82, 2.24) is 14.8 Å². The molecule has 2 amide bonds. The molecule has 0 saturated heterocycles. The van der Waals surface area contributed by atoms with Gasteiger partial charge in [0.1, 0.15) is 0 Å². The third-order valence-electron chi connectivity index (χ3n) is 4.68. The van der Waals surface area contributed by atoms with Crippen molar-refractivity contribution in [1.29, 1.82) is 0 Å². The molecule has 0 atom stereocenters. The van der Waals surface area contributed by atoms with Crippen molar-refractivity contribution in [3.8, 4) is 0 Å². The first-order chi connectivity index (χ1) is 12.8. The van der Waals surface area contributed by atoms with Gasteiger partial charge in [0.15, 0.2) is 0 Å². The number of carbonyl (C=O) groups excluding carboxylic acids is 1. The number of amides is 2. The van der Waals surface area contributed by atoms with E-state index in [0.29, 0.717) is 6.54 Å². The highest BCUT2D eigenvalue weighted by molar-refractivity contribution is 5.74. The van der Waals surface area contributed by atoms with Crippen LogP contribution >= 0.6 is 0 Å². The molecule has 0 bridgehead atoms. The third-order valence-corrected chi connectivity index (χ3v) is 4.68. The predicted octanol–water partition coefficient (Wildman–Crippen LogP) is 5.35. The summed E-state index contributed by atoms with van der Waals surface area (Å²) in [4.78, 5) is 14.8. The van der Waals surface area contributed by atoms with Crippen LogP contribution < -0.4 is 5.32 Å². The van der Waals surface area contributed by atoms with Gasteiger partial charge in [-0.3, -0.25) is 0 Å². The van der Waals surface area contributed by atoms with Crippen LogP contribution in [-0.4, -0.2) is 27.6 Å². The highest BCUT2D eigenvalue weighted by Crippen LogP contribution is 2.15. The number of aryl methyl sites for hydroxylation is 1. The standard InChI is InChI=1S/C23H35N3O/c1-6-7-10-15-26(22(27)24-23(3,4)5)18-21-14-11-16-25(21)17-20-13-9-8-12-19(20)2/h8-9,11-14,16H,6-7,10,15,17-18H2,1-5H3,(H,24,27). The molecular weight excluding hydrogens is 334 g/mol. The molecule has 2 rings (SSSR count). The van der Waals surface area contributed by atoms with Crippen LogP contribution in [0.3, 0.4) is 0 Å². The fourth-order valence-electron chi connectivity index (χ4n) is 3.12. The molecule has 0 fully saturated rings. The maximum atomic E-state index is 12.8. The van der Waals surface area contributed by atoms with Gasteiger partial charge in [-0.2, -0.15) is 0 Å². The number of benzene rings is 1. The zero-order valence-corrected chi connectivity index (χ0v) is 17.6. The number of carbonyl (C=O) groups is 1. The van der Waals surface area contributed by atoms with E-state index in [4.69, 9.17) is 0 Å². The summed E-state index contributed by atoms with van der Waals surface area (Å²) in [5, 5.41) is 3.11. The van der Waals surface area contributed by atoms with Crippen LogP contribution in [-0.2, 0) is 13.1 Å². The molecule has 2 aromatic rings. The van der Waals surface area contributed by atoms with Crippen LogP contribution in [0.15, 0.2) is 42.6 Å². The van der Waals surface area contributed by atoms with Crippen molar-refractivity contribution in [3.05, 3.63) is 59.4 Å². The molecule has 0 saturated carbocycles. The van der Waals surface area contributed by atoms with Crippen LogP contribution in [0.2, 0.25) is 0 Å². The van der Waals surface area contributed by atoms with E-state index in [1.165, 1.54) is 16.8 Å². The summed E-state index contributed by atoms with van der Waals surface area (Å²) in [5.74, 6) is 0. The Bertz CT molecular complexity index is 727. The van der Waals surface area contributed by atoms with E-state index in [2.05, 4.69) is 66.3 Å². The van der Waals surface area contributed by atoms with Crippen LogP contribution in [0.5, 0.6) is 0 Å². The van der Waals surface area contributed by atoms with Crippen molar-refractivity contribution in [2.45, 2.75) is 72.5 Å². The molecule has 0 aliphatic heterocycles. The molecule has 4 nitrogen and oxygen atoms in total. The Kier molecular flexibility index (Phi) is 7.52. The van der Waals surface area contributed by atoms with Gasteiger partial charge >= 0.3 is 6.03 Å². The van der Waals surface area contributed by atoms with E-state index >= 15 is 0 Å². The first-order valence-electron chi connectivity index (χ1n) is 10.1. The Morgan fingerprint density at radius 2 is 1.85 bits per heavy atom. The van der Waals surface area contributed by atoms with Gasteiger partial charge in [0.05, 0.1) is 6.54 Å². The molecule has 4 heteroatoms. The summed E-state index contributed by atoms with van der Waals surface area (Å²) >= 11 is 0. The number of hydrogen-bond donors (Lipinski definition) is 1. The second-order valence-electron chi connectivity index (χ2n) is 8.36. The Morgan fingerprint density at radius 3 is 2.52 bits per heavy atom. The summed E-state index contributed by atoms with van der Waals surface area (Å²) in [7, 11) is 0. The first kappa shape index (κ1) is 21.1. The van der Waals surface area contributed by atoms with Gasteiger partial charge in [0.2, 0.25) is 0 Å². The summed E-state index contributed by atoms with van der Waals surface area (Å²) < 4.78 is 2.25. The van der Waals surface area contributed by atoms with Crippen LogP contribution in [0.25, 0.3) is 0 Å². The van der Waals surface area contributed by atoms with Crippen molar-refractivity contribution in [3.63, 3.8) is 0 Å². The average Bonchev–Trinajstić information content (AvgIpc) is 3.01. The molecule has 0 aliphatic rings. The van der Waals surface area contributed by atoms with E-state index in [-0.39, 0.29) is 11.6 Å². The molecule has 1 aromatic carbocycles. The normalized spacial score (nSPS) is 11.4. The molecule has 1 heterocycles. The minimum absolute atomic E-state index is 0.0160. The van der Waals surface area contributed by atoms with E-state index < -0.39 is 0 Å². The maximum absolute atomic E-state index is 12.8. The number of unbranched alkanes of at least 4 members (excludes halogenated alkanes) is 2. The topological polar surface area (TPSA) is 37.3 Å². The quantitative estimate of drug-likeness (QED) is 0.626. The van der Waals surface area contributed by atoms with Crippen molar-refractivity contribution >= 4 is 6.03 Å². The second-order valence-corrected chi connectivity index (χ2v) is 8.36. The van der Waals surface area contributed by atoms with E-state index in [1.54, 1.807) is 0 Å². The van der Waals surface area contributed by atoms with Crippen LogP contribution in [0.1, 0.15) is 63.8 Å². The second kappa shape index (κ2) is 9.63. The summed E-state index contributed by atoms with van der Waals surface area (Å²) in [6.45, 7) is 12.6. The lowest BCUT2D eigenvalue weighted by atomic mass is 10.1. The Morgan fingerprint density at radius 1 is 1.11 bits per heavy atom. The van der Waals surface area contributed by atoms with Gasteiger partial charge in [-0.15, -0.1) is 0 Å². The highest BCUT2D eigenvalue weighted by Gasteiger charge is 2.20. The molecule has 1 aromatic heterocycles. The van der Waals surface area contributed by atoms with Gasteiger partial charge < -0.3 is 14.8 Å². The van der Waals surface area contributed by atoms with E-state index in [9.17, 15) is 4.79 Å². The van der Waals surface area contributed by atoms with Gasteiger partial charge in [0.25, 0.3) is 0 Å². The molecule has 0 radical (unpaired) electrons. The molecule has 0 unspecified atom stereocenters. The monoisotopic (exact) mass is 369 g/mol. The number of rotatable bonds is 8. The zero-order valence-electron chi connectivity index (χ0n) is 17.6. The van der Waals surface area contributed by atoms with E-state index in [0.717, 1.165) is 32.4 Å². The Hall–Kier alpha value is -2.23. The lowest BCUT2D eigenvalue weighted by molar-refractivity contribution is 0.183. The predicted molar refractivity (Wildman–Crippen MR) is 113 cm³/mol. The minimum atomic E-state index is -0.233. The molecule has 1 N–H and O–H groups in total. The summed E-state index contributed by atoms with van der Waals surface area (Å²) in [6.07, 6.45) is 5.43. The maximum Gasteiger partial charge on any atom is 0.318 e. The van der Waals surface area contributed by atoms with Crippen molar-refractivity contribution in [2.75, 3.05) is 6.54 Å². The fourth-order valence-corrected chi connectivity index (χ4v) is 3.12. The number of aromatic nitrogens is 1. The first-order valence-corrected chi connectivity index (χ1v) is 10.1. The summed E-state index contributed by atoms with van der Waals surface area (Å²) in [6, 6.07) is 12.7. The highest BCUT2D eigenvalue weighted by atomic mass is 16.2. The minimum Gasteiger partial charge on any atom is -0.345 e. The molecule has 0 aliphatic carbocycles. The van der Waals surface area contributed by atoms with Crippen molar-refractivity contribution < 1.29 is 4.79 Å². The number of hydrogen-bond acceptors (Lipinski definition) is 1. The number of urea groups is 1. The van der Waals surface area contributed by atoms with Gasteiger partial charge in [-0.1, -0.05) is 44.0 Å². The summed E-state index contributed by atoms with van der Waals surface area (Å²) in [5.41, 5.74) is 3.54. The van der Waals surface area contributed by atoms with Gasteiger partial charge in [-0.05, 0) is 57.4 Å². The average molecular weight is 370 g/mol. The lowest BCUT2D eigenvalue weighted by Gasteiger charge is -2.29. The third kappa shape index (κ3) is 6.78. The number of nitrogens with zero attached hydrogens (tertiary/aromatic N) is 2. The van der Waals surface area contributed by atoms with Crippen LogP contribution in [0.4, 0.5) is 4.79 Å². The van der Waals surface area contributed by atoms with E-state index in [1.807, 2.05) is 25.7 Å². The largest absolute Gasteiger partial charge is 0.345 e. The molecule has 148 valence electrons. The van der Waals surface area contributed by atoms with Gasteiger partial charge in [0, 0.05) is 30.5 Å². The van der Waals surface area contributed by atoms with Gasteiger partial charge in [-0.25, -0.2) is 4.79 Å². The fraction of sp³-hybridized carbons (Fsp3) is 0.522. The zero-order chi connectivity index (χ0) is 19.9. The SMILES string of the molecule is CCCCCN(Cc1cccn1Cc1ccccc1C)C(=O)NC(C)(C)C. The van der Waals surface area contributed by atoms with Crippen molar-refractivity contribution in [2.24, 2.45) is 0 Å². The molecular formula is C23H35N3O. The molecule has 27 heavy (non-hydrogen) atoms. The Balaban J connectivity index is 2.13. The Labute approximate surface area is 164 Å². The molecule has 0 spiro atoms. The number of nitrogens with one attached hydrogen (secondary N) is 1.